The number of rotatable bonds is 4. The molecule has 0 aliphatic carbocycles. The van der Waals surface area contributed by atoms with Crippen LogP contribution in [0.5, 0.6) is 0 Å². The minimum Gasteiger partial charge on any atom is -0.480 e. The second-order valence-electron chi connectivity index (χ2n) is 4.09. The zero-order valence-corrected chi connectivity index (χ0v) is 10.8. The van der Waals surface area contributed by atoms with Crippen molar-refractivity contribution in [3.63, 3.8) is 0 Å². The molecule has 0 saturated carbocycles. The van der Waals surface area contributed by atoms with Crippen molar-refractivity contribution >= 4 is 17.7 Å². The van der Waals surface area contributed by atoms with E-state index in [9.17, 15) is 9.59 Å². The minimum atomic E-state index is -1.05. The highest BCUT2D eigenvalue weighted by molar-refractivity contribution is 5.94. The number of benzene rings is 1. The number of hydrogen-bond donors (Lipinski definition) is 2. The summed E-state index contributed by atoms with van der Waals surface area (Å²) in [6, 6.07) is 6.18. The molecule has 0 aliphatic rings. The van der Waals surface area contributed by atoms with Crippen molar-refractivity contribution in [3.8, 4) is 0 Å². The Hall–Kier alpha value is -2.04. The van der Waals surface area contributed by atoms with E-state index >= 15 is 0 Å². The highest BCUT2D eigenvalue weighted by Gasteiger charge is 2.19. The molecule has 1 aromatic rings. The molecule has 1 atom stereocenters. The van der Waals surface area contributed by atoms with Crippen LogP contribution < -0.4 is 10.2 Å². The van der Waals surface area contributed by atoms with Gasteiger partial charge in [0.2, 0.25) is 0 Å². The van der Waals surface area contributed by atoms with Crippen LogP contribution in [0.1, 0.15) is 19.4 Å². The lowest BCUT2D eigenvalue weighted by atomic mass is 10.2. The number of aryl methyl sites for hydroxylation is 1. The van der Waals surface area contributed by atoms with Crippen LogP contribution in [0.2, 0.25) is 0 Å². The average Bonchev–Trinajstić information content (AvgIpc) is 2.32. The van der Waals surface area contributed by atoms with Crippen LogP contribution in [0.15, 0.2) is 24.3 Å². The van der Waals surface area contributed by atoms with E-state index in [-0.39, 0.29) is 0 Å². The van der Waals surface area contributed by atoms with Crippen molar-refractivity contribution in [2.24, 2.45) is 0 Å². The van der Waals surface area contributed by atoms with E-state index in [1.807, 2.05) is 38.1 Å². The molecule has 5 heteroatoms. The van der Waals surface area contributed by atoms with Crippen molar-refractivity contribution in [1.29, 1.82) is 0 Å². The molecular weight excluding hydrogens is 232 g/mol. The summed E-state index contributed by atoms with van der Waals surface area (Å²) in [5.74, 6) is -1.05. The molecule has 0 spiro atoms. The van der Waals surface area contributed by atoms with E-state index in [4.69, 9.17) is 5.11 Å². The first-order valence-corrected chi connectivity index (χ1v) is 5.83. The normalized spacial score (nSPS) is 11.7. The van der Waals surface area contributed by atoms with E-state index in [1.165, 1.54) is 11.8 Å². The molecule has 5 nitrogen and oxygen atoms in total. The van der Waals surface area contributed by atoms with Gasteiger partial charge in [-0.05, 0) is 32.9 Å². The Morgan fingerprint density at radius 2 is 1.89 bits per heavy atom. The zero-order chi connectivity index (χ0) is 13.7. The van der Waals surface area contributed by atoms with Gasteiger partial charge in [0, 0.05) is 12.2 Å². The molecule has 1 aromatic carbocycles. The summed E-state index contributed by atoms with van der Waals surface area (Å²) in [6.07, 6.45) is 0. The Morgan fingerprint density at radius 1 is 1.33 bits per heavy atom. The lowest BCUT2D eigenvalue weighted by Crippen LogP contribution is -2.46. The fraction of sp³-hybridized carbons (Fsp3) is 0.385. The van der Waals surface area contributed by atoms with E-state index in [2.05, 4.69) is 5.32 Å². The van der Waals surface area contributed by atoms with Crippen LogP contribution in [0.4, 0.5) is 10.5 Å². The molecule has 2 N–H and O–H groups in total. The predicted molar refractivity (Wildman–Crippen MR) is 69.8 cm³/mol. The number of carbonyl (C=O) groups excluding carboxylic acids is 1. The fourth-order valence-electron chi connectivity index (χ4n) is 1.49. The van der Waals surface area contributed by atoms with Crippen molar-refractivity contribution in [1.82, 2.24) is 5.32 Å². The standard InChI is InChI=1S/C13H18N2O3/c1-4-15(11-7-5-9(2)6-8-11)13(18)14-10(3)12(16)17/h5-8,10H,4H2,1-3H3,(H,14,18)(H,16,17). The molecule has 0 heterocycles. The molecule has 18 heavy (non-hydrogen) atoms. The van der Waals surface area contributed by atoms with E-state index in [0.717, 1.165) is 11.3 Å². The number of amides is 2. The number of urea groups is 1. The van der Waals surface area contributed by atoms with Gasteiger partial charge >= 0.3 is 12.0 Å². The number of carboxylic acid groups (broad SMARTS) is 1. The number of carbonyl (C=O) groups is 2. The number of aliphatic carboxylic acids is 1. The first-order valence-electron chi connectivity index (χ1n) is 5.83. The van der Waals surface area contributed by atoms with Crippen LogP contribution in [-0.2, 0) is 4.79 Å². The third-order valence-electron chi connectivity index (χ3n) is 2.62. The van der Waals surface area contributed by atoms with Gasteiger partial charge in [-0.3, -0.25) is 9.69 Å². The summed E-state index contributed by atoms with van der Waals surface area (Å²) in [7, 11) is 0. The van der Waals surface area contributed by atoms with Crippen molar-refractivity contribution in [2.45, 2.75) is 26.8 Å². The van der Waals surface area contributed by atoms with Crippen molar-refractivity contribution in [3.05, 3.63) is 29.8 Å². The first kappa shape index (κ1) is 14.0. The molecule has 98 valence electrons. The molecule has 0 aliphatic heterocycles. The van der Waals surface area contributed by atoms with Gasteiger partial charge in [-0.1, -0.05) is 17.7 Å². The number of carboxylic acids is 1. The van der Waals surface area contributed by atoms with Crippen LogP contribution in [0.3, 0.4) is 0 Å². The molecule has 1 unspecified atom stereocenters. The lowest BCUT2D eigenvalue weighted by molar-refractivity contribution is -0.138. The number of anilines is 1. The molecule has 0 bridgehead atoms. The van der Waals surface area contributed by atoms with Gasteiger partial charge in [-0.2, -0.15) is 0 Å². The SMILES string of the molecule is CCN(C(=O)NC(C)C(=O)O)c1ccc(C)cc1. The van der Waals surface area contributed by atoms with Crippen molar-refractivity contribution < 1.29 is 14.7 Å². The maximum absolute atomic E-state index is 11.9. The van der Waals surface area contributed by atoms with Gasteiger partial charge in [-0.25, -0.2) is 4.79 Å². The maximum atomic E-state index is 11.9. The van der Waals surface area contributed by atoms with Gasteiger partial charge in [0.25, 0.3) is 0 Å². The van der Waals surface area contributed by atoms with Gasteiger partial charge in [0.05, 0.1) is 0 Å². The Labute approximate surface area is 106 Å². The summed E-state index contributed by atoms with van der Waals surface area (Å²) < 4.78 is 0. The smallest absolute Gasteiger partial charge is 0.325 e. The summed E-state index contributed by atoms with van der Waals surface area (Å²) in [5.41, 5.74) is 1.85. The average molecular weight is 250 g/mol. The quantitative estimate of drug-likeness (QED) is 0.858. The third-order valence-corrected chi connectivity index (χ3v) is 2.62. The molecule has 0 fully saturated rings. The summed E-state index contributed by atoms with van der Waals surface area (Å²) in [6.45, 7) is 5.71. The third kappa shape index (κ3) is 3.48. The molecule has 1 rings (SSSR count). The van der Waals surface area contributed by atoms with Crippen LogP contribution in [0, 0.1) is 6.92 Å². The minimum absolute atomic E-state index is 0.406. The number of nitrogens with zero attached hydrogens (tertiary/aromatic N) is 1. The Bertz CT molecular complexity index is 428. The Balaban J connectivity index is 2.80. The maximum Gasteiger partial charge on any atom is 0.325 e. The highest BCUT2D eigenvalue weighted by atomic mass is 16.4. The Morgan fingerprint density at radius 3 is 2.33 bits per heavy atom. The monoisotopic (exact) mass is 250 g/mol. The van der Waals surface area contributed by atoms with E-state index in [0.29, 0.717) is 6.54 Å². The molecule has 2 amide bonds. The first-order chi connectivity index (χ1) is 8.45. The topological polar surface area (TPSA) is 69.6 Å². The van der Waals surface area contributed by atoms with Gasteiger partial charge < -0.3 is 10.4 Å². The van der Waals surface area contributed by atoms with Crippen LogP contribution >= 0.6 is 0 Å². The second kappa shape index (κ2) is 6.05. The van der Waals surface area contributed by atoms with Gasteiger partial charge in [-0.15, -0.1) is 0 Å². The molecule has 0 aromatic heterocycles. The summed E-state index contributed by atoms with van der Waals surface area (Å²) in [4.78, 5) is 24.1. The molecule has 0 saturated heterocycles. The van der Waals surface area contributed by atoms with Crippen LogP contribution in [-0.4, -0.2) is 29.7 Å². The predicted octanol–water partition coefficient (Wildman–Crippen LogP) is 2.00. The summed E-state index contributed by atoms with van der Waals surface area (Å²) in [5, 5.41) is 11.2. The van der Waals surface area contributed by atoms with Gasteiger partial charge in [0.1, 0.15) is 6.04 Å². The number of nitrogens with one attached hydrogen (secondary N) is 1. The molecule has 0 radical (unpaired) electrons. The van der Waals surface area contributed by atoms with E-state index in [1.54, 1.807) is 0 Å². The molecular formula is C13H18N2O3. The van der Waals surface area contributed by atoms with Crippen LogP contribution in [0.25, 0.3) is 0 Å². The van der Waals surface area contributed by atoms with E-state index < -0.39 is 18.0 Å². The number of hydrogen-bond acceptors (Lipinski definition) is 2. The lowest BCUT2D eigenvalue weighted by Gasteiger charge is -2.23. The summed E-state index contributed by atoms with van der Waals surface area (Å²) >= 11 is 0. The largest absolute Gasteiger partial charge is 0.480 e. The fourth-order valence-corrected chi connectivity index (χ4v) is 1.49. The van der Waals surface area contributed by atoms with Crippen molar-refractivity contribution in [2.75, 3.05) is 11.4 Å². The highest BCUT2D eigenvalue weighted by Crippen LogP contribution is 2.15. The Kier molecular flexibility index (Phi) is 4.71. The van der Waals surface area contributed by atoms with Gasteiger partial charge in [0.15, 0.2) is 0 Å². The zero-order valence-electron chi connectivity index (χ0n) is 10.8. The second-order valence-corrected chi connectivity index (χ2v) is 4.09.